The average Bonchev–Trinajstić information content (AvgIpc) is 3.64. The van der Waals surface area contributed by atoms with Crippen LogP contribution in [0.1, 0.15) is 41.5 Å². The number of fused-ring (bicyclic) bond motifs is 2. The van der Waals surface area contributed by atoms with Gasteiger partial charge < -0.3 is 15.1 Å². The topological polar surface area (TPSA) is 51.7 Å². The fraction of sp³-hybridized carbons (Fsp3) is 0.484. The minimum absolute atomic E-state index is 0.183. The summed E-state index contributed by atoms with van der Waals surface area (Å²) in [5.41, 5.74) is 8.88. The largest absolute Gasteiger partial charge is 0.371 e. The smallest absolute Gasteiger partial charge is 0.237 e. The van der Waals surface area contributed by atoms with Gasteiger partial charge in [0.05, 0.1) is 25.3 Å². The van der Waals surface area contributed by atoms with Crippen molar-refractivity contribution >= 4 is 22.9 Å². The zero-order chi connectivity index (χ0) is 26.4. The first-order valence-corrected chi connectivity index (χ1v) is 14.9. The van der Waals surface area contributed by atoms with Crippen molar-refractivity contribution in [3.05, 3.63) is 58.1 Å². The van der Waals surface area contributed by atoms with Crippen LogP contribution in [0.5, 0.6) is 0 Å². The number of rotatable bonds is 6. The molecule has 0 saturated carbocycles. The summed E-state index contributed by atoms with van der Waals surface area (Å²) in [7, 11) is 1.99. The number of hydrogen-bond donors (Lipinski definition) is 1. The first-order valence-electron chi connectivity index (χ1n) is 14.1. The summed E-state index contributed by atoms with van der Waals surface area (Å²) in [5.74, 6) is 0.950. The molecule has 0 spiro atoms. The van der Waals surface area contributed by atoms with Crippen molar-refractivity contribution in [2.24, 2.45) is 5.92 Å². The maximum Gasteiger partial charge on any atom is 0.237 e. The zero-order valence-corrected chi connectivity index (χ0v) is 23.9. The molecule has 2 unspecified atom stereocenters. The molecule has 2 aromatic carbocycles. The van der Waals surface area contributed by atoms with Crippen LogP contribution in [0.25, 0.3) is 21.7 Å². The predicted molar refractivity (Wildman–Crippen MR) is 157 cm³/mol. The maximum absolute atomic E-state index is 12.7. The van der Waals surface area contributed by atoms with Crippen molar-refractivity contribution < 1.29 is 4.79 Å². The molecular weight excluding hydrogens is 490 g/mol. The van der Waals surface area contributed by atoms with Crippen molar-refractivity contribution in [2.75, 3.05) is 44.7 Å². The summed E-state index contributed by atoms with van der Waals surface area (Å²) in [6.45, 7) is 12.7. The van der Waals surface area contributed by atoms with E-state index >= 15 is 0 Å². The number of piperidine rings is 1. The molecule has 3 aliphatic heterocycles. The van der Waals surface area contributed by atoms with Gasteiger partial charge in [0.25, 0.3) is 0 Å². The number of benzene rings is 2. The number of nitrogens with zero attached hydrogens (tertiary/aromatic N) is 4. The van der Waals surface area contributed by atoms with E-state index in [0.717, 1.165) is 36.3 Å². The molecule has 6 nitrogen and oxygen atoms in total. The van der Waals surface area contributed by atoms with Gasteiger partial charge in [0, 0.05) is 35.3 Å². The van der Waals surface area contributed by atoms with Crippen molar-refractivity contribution in [3.63, 3.8) is 0 Å². The van der Waals surface area contributed by atoms with Gasteiger partial charge in [0.1, 0.15) is 5.01 Å². The number of anilines is 1. The van der Waals surface area contributed by atoms with Gasteiger partial charge in [-0.25, -0.2) is 4.98 Å². The number of carbonyl (C=O) groups excluding carboxylic acids is 1. The molecule has 2 atom stereocenters. The first-order chi connectivity index (χ1) is 18.4. The van der Waals surface area contributed by atoms with Crippen LogP contribution in [-0.4, -0.2) is 66.5 Å². The van der Waals surface area contributed by atoms with Crippen molar-refractivity contribution in [2.45, 2.75) is 52.7 Å². The van der Waals surface area contributed by atoms with E-state index in [1.807, 2.05) is 16.8 Å². The minimum Gasteiger partial charge on any atom is -0.371 e. The number of nitrogens with one attached hydrogen (secondary N) is 1. The molecule has 3 aromatic rings. The van der Waals surface area contributed by atoms with E-state index in [1.165, 1.54) is 57.8 Å². The summed E-state index contributed by atoms with van der Waals surface area (Å²) in [5, 5.41) is 4.76. The Bertz CT molecular complexity index is 1330. The zero-order valence-electron chi connectivity index (χ0n) is 23.1. The number of amides is 1. The number of hydrogen-bond acceptors (Lipinski definition) is 6. The summed E-state index contributed by atoms with van der Waals surface area (Å²) in [6.07, 6.45) is 2.52. The fourth-order valence-electron chi connectivity index (χ4n) is 6.46. The molecule has 0 bridgehead atoms. The van der Waals surface area contributed by atoms with Gasteiger partial charge in [-0.2, -0.15) is 0 Å². The number of carbonyl (C=O) groups is 1. The quantitative estimate of drug-likeness (QED) is 0.483. The Hall–Kier alpha value is -2.74. The Morgan fingerprint density at radius 2 is 1.84 bits per heavy atom. The second kappa shape index (κ2) is 10.4. The normalized spacial score (nSPS) is 20.8. The highest BCUT2D eigenvalue weighted by molar-refractivity contribution is 7.15. The molecule has 200 valence electrons. The minimum atomic E-state index is 0.183. The lowest BCUT2D eigenvalue weighted by Gasteiger charge is -2.37. The highest BCUT2D eigenvalue weighted by Gasteiger charge is 2.33. The number of likely N-dealkylation sites (N-methyl/N-ethyl adjacent to an activating group) is 1. The van der Waals surface area contributed by atoms with Crippen LogP contribution in [0.4, 0.5) is 5.69 Å². The van der Waals surface area contributed by atoms with Crippen LogP contribution in [-0.2, 0) is 17.9 Å². The van der Waals surface area contributed by atoms with Crippen LogP contribution >= 0.6 is 11.3 Å². The molecular formula is C31H39N5OS. The van der Waals surface area contributed by atoms with E-state index in [2.05, 4.69) is 67.4 Å². The van der Waals surface area contributed by atoms with Crippen LogP contribution in [0, 0.1) is 19.8 Å². The summed E-state index contributed by atoms with van der Waals surface area (Å²) < 4.78 is 0. The molecule has 6 rings (SSSR count). The summed E-state index contributed by atoms with van der Waals surface area (Å²) >= 11 is 1.75. The molecule has 7 heteroatoms. The molecule has 38 heavy (non-hydrogen) atoms. The molecule has 0 radical (unpaired) electrons. The SMILES string of the molecule is CCN(C)CC(=O)N1Cc2nc(-c3cccc(-c4cccc(N5CCC6NCCC6C5)c4C)c3C)sc2C1. The van der Waals surface area contributed by atoms with Crippen LogP contribution in [0.3, 0.4) is 0 Å². The molecule has 1 aromatic heterocycles. The van der Waals surface area contributed by atoms with E-state index in [0.29, 0.717) is 25.7 Å². The van der Waals surface area contributed by atoms with E-state index < -0.39 is 0 Å². The lowest BCUT2D eigenvalue weighted by molar-refractivity contribution is -0.132. The van der Waals surface area contributed by atoms with Gasteiger partial charge in [-0.15, -0.1) is 11.3 Å². The standard InChI is InChI=1S/C31H39N5OS/c1-5-34(4)19-30(37)36-17-27-29(18-36)38-31(33-27)25-10-6-8-23(20(25)2)24-9-7-11-28(21(24)3)35-15-13-26-22(16-35)12-14-32-26/h6-11,22,26,32H,5,12-19H2,1-4H3. The van der Waals surface area contributed by atoms with Crippen LogP contribution in [0.2, 0.25) is 0 Å². The number of aromatic nitrogens is 1. The molecule has 4 heterocycles. The van der Waals surface area contributed by atoms with Crippen molar-refractivity contribution in [3.8, 4) is 21.7 Å². The molecule has 3 aliphatic rings. The predicted octanol–water partition coefficient (Wildman–Crippen LogP) is 5.08. The maximum atomic E-state index is 12.7. The van der Waals surface area contributed by atoms with E-state index in [-0.39, 0.29) is 5.91 Å². The van der Waals surface area contributed by atoms with E-state index in [4.69, 9.17) is 4.98 Å². The summed E-state index contributed by atoms with van der Waals surface area (Å²) in [4.78, 5) is 25.5. The monoisotopic (exact) mass is 529 g/mol. The van der Waals surface area contributed by atoms with Gasteiger partial charge in [0.2, 0.25) is 5.91 Å². The molecule has 0 aliphatic carbocycles. The fourth-order valence-corrected chi connectivity index (χ4v) is 7.63. The third-order valence-corrected chi connectivity index (χ3v) is 10.0. The Morgan fingerprint density at radius 3 is 2.63 bits per heavy atom. The Labute approximate surface area is 230 Å². The third kappa shape index (κ3) is 4.65. The van der Waals surface area contributed by atoms with Crippen molar-refractivity contribution in [1.29, 1.82) is 0 Å². The lowest BCUT2D eigenvalue weighted by atomic mass is 9.90. The lowest BCUT2D eigenvalue weighted by Crippen LogP contribution is -2.44. The number of thiazole rings is 1. The molecule has 2 fully saturated rings. The average molecular weight is 530 g/mol. The highest BCUT2D eigenvalue weighted by Crippen LogP contribution is 2.40. The second-order valence-corrected chi connectivity index (χ2v) is 12.3. The van der Waals surface area contributed by atoms with Gasteiger partial charge in [-0.3, -0.25) is 9.69 Å². The molecule has 2 saturated heterocycles. The van der Waals surface area contributed by atoms with Gasteiger partial charge in [-0.1, -0.05) is 37.3 Å². The van der Waals surface area contributed by atoms with Crippen LogP contribution in [0.15, 0.2) is 36.4 Å². The molecule has 1 amide bonds. The third-order valence-electron chi connectivity index (χ3n) is 8.91. The first kappa shape index (κ1) is 25.5. The molecule has 1 N–H and O–H groups in total. The van der Waals surface area contributed by atoms with Crippen LogP contribution < -0.4 is 10.2 Å². The van der Waals surface area contributed by atoms with Gasteiger partial charge in [0.15, 0.2) is 0 Å². The Kier molecular flexibility index (Phi) is 7.01. The van der Waals surface area contributed by atoms with E-state index in [1.54, 1.807) is 11.3 Å². The van der Waals surface area contributed by atoms with E-state index in [9.17, 15) is 4.79 Å². The second-order valence-electron chi connectivity index (χ2n) is 11.2. The van der Waals surface area contributed by atoms with Gasteiger partial charge in [-0.05, 0) is 81.1 Å². The van der Waals surface area contributed by atoms with Gasteiger partial charge >= 0.3 is 0 Å². The highest BCUT2D eigenvalue weighted by atomic mass is 32.1. The Balaban J connectivity index is 1.24. The van der Waals surface area contributed by atoms with Crippen molar-refractivity contribution in [1.82, 2.24) is 20.1 Å². The Morgan fingerprint density at radius 1 is 1.08 bits per heavy atom. The summed E-state index contributed by atoms with van der Waals surface area (Å²) in [6, 6.07) is 14.1.